The second-order valence-electron chi connectivity index (χ2n) is 5.57. The van der Waals surface area contributed by atoms with Crippen molar-refractivity contribution in [3.05, 3.63) is 46.8 Å². The summed E-state index contributed by atoms with van der Waals surface area (Å²) in [7, 11) is 1.71. The van der Waals surface area contributed by atoms with Gasteiger partial charge in [0.25, 0.3) is 0 Å². The maximum atomic E-state index is 12.2. The van der Waals surface area contributed by atoms with Crippen LogP contribution in [-0.2, 0) is 17.8 Å². The zero-order valence-electron chi connectivity index (χ0n) is 13.9. The van der Waals surface area contributed by atoms with Gasteiger partial charge in [-0.3, -0.25) is 4.79 Å². The number of benzene rings is 1. The lowest BCUT2D eigenvalue weighted by atomic mass is 10.1. The number of aromatic nitrogens is 1. The van der Waals surface area contributed by atoms with Crippen molar-refractivity contribution in [3.63, 3.8) is 0 Å². The van der Waals surface area contributed by atoms with Crippen molar-refractivity contribution < 1.29 is 22.8 Å². The summed E-state index contributed by atoms with van der Waals surface area (Å²) in [6.07, 6.45) is 0.928. The lowest BCUT2D eigenvalue weighted by Crippen LogP contribution is -2.26. The van der Waals surface area contributed by atoms with Gasteiger partial charge in [0.05, 0.1) is 5.69 Å². The molecule has 1 amide bonds. The molecule has 0 aliphatic carbocycles. The van der Waals surface area contributed by atoms with Crippen LogP contribution in [0.4, 0.5) is 8.78 Å². The van der Waals surface area contributed by atoms with Gasteiger partial charge in [-0.05, 0) is 38.0 Å². The van der Waals surface area contributed by atoms with Crippen molar-refractivity contribution >= 4 is 5.91 Å². The van der Waals surface area contributed by atoms with Crippen molar-refractivity contribution in [1.82, 2.24) is 10.1 Å². The van der Waals surface area contributed by atoms with Crippen molar-refractivity contribution in [1.29, 1.82) is 0 Å². The lowest BCUT2D eigenvalue weighted by molar-refractivity contribution is -0.130. The maximum Gasteiger partial charge on any atom is 0.387 e. The molecule has 0 radical (unpaired) electrons. The van der Waals surface area contributed by atoms with Gasteiger partial charge in [0, 0.05) is 25.6 Å². The fraction of sp³-hybridized carbons (Fsp3) is 0.412. The highest BCUT2D eigenvalue weighted by molar-refractivity contribution is 5.76. The molecule has 0 atom stereocenters. The minimum absolute atomic E-state index is 0.0112. The number of hydrogen-bond donors (Lipinski definition) is 0. The van der Waals surface area contributed by atoms with Crippen molar-refractivity contribution in [2.75, 3.05) is 7.05 Å². The third kappa shape index (κ3) is 4.78. The highest BCUT2D eigenvalue weighted by Crippen LogP contribution is 2.17. The monoisotopic (exact) mass is 338 g/mol. The number of carbonyl (C=O) groups excluding carboxylic acids is 1. The molecule has 1 aromatic heterocycles. The van der Waals surface area contributed by atoms with E-state index in [2.05, 4.69) is 9.89 Å². The SMILES string of the molecule is Cc1noc(C)c1CCC(=O)N(C)Cc1ccc(OC(F)F)cc1. The third-order valence-corrected chi connectivity index (χ3v) is 3.76. The summed E-state index contributed by atoms with van der Waals surface area (Å²) in [5.74, 6) is 0.821. The topological polar surface area (TPSA) is 55.6 Å². The van der Waals surface area contributed by atoms with E-state index in [9.17, 15) is 13.6 Å². The number of carbonyl (C=O) groups is 1. The van der Waals surface area contributed by atoms with E-state index in [1.807, 2.05) is 13.8 Å². The highest BCUT2D eigenvalue weighted by Gasteiger charge is 2.14. The Morgan fingerprint density at radius 3 is 2.50 bits per heavy atom. The zero-order valence-corrected chi connectivity index (χ0v) is 13.9. The van der Waals surface area contributed by atoms with Crippen molar-refractivity contribution in [2.24, 2.45) is 0 Å². The van der Waals surface area contributed by atoms with Gasteiger partial charge in [0.1, 0.15) is 11.5 Å². The van der Waals surface area contributed by atoms with Gasteiger partial charge in [0.15, 0.2) is 0 Å². The summed E-state index contributed by atoms with van der Waals surface area (Å²) in [5, 5.41) is 3.87. The van der Waals surface area contributed by atoms with Crippen molar-refractivity contribution in [2.45, 2.75) is 39.8 Å². The van der Waals surface area contributed by atoms with Crippen LogP contribution in [0.1, 0.15) is 29.0 Å². The van der Waals surface area contributed by atoms with E-state index in [-0.39, 0.29) is 11.7 Å². The molecule has 2 rings (SSSR count). The largest absolute Gasteiger partial charge is 0.435 e. The molecule has 130 valence electrons. The predicted molar refractivity (Wildman–Crippen MR) is 83.8 cm³/mol. The van der Waals surface area contributed by atoms with E-state index in [1.165, 1.54) is 12.1 Å². The van der Waals surface area contributed by atoms with Gasteiger partial charge >= 0.3 is 6.61 Å². The van der Waals surface area contributed by atoms with Gasteiger partial charge in [-0.15, -0.1) is 0 Å². The standard InChI is InChI=1S/C17H20F2N2O3/c1-11-15(12(2)24-20-11)8-9-16(22)21(3)10-13-4-6-14(7-5-13)23-17(18)19/h4-7,17H,8-10H2,1-3H3. The third-order valence-electron chi connectivity index (χ3n) is 3.76. The Hall–Kier alpha value is -2.44. The van der Waals surface area contributed by atoms with Crippen LogP contribution in [0, 0.1) is 13.8 Å². The van der Waals surface area contributed by atoms with E-state index in [4.69, 9.17) is 4.52 Å². The minimum Gasteiger partial charge on any atom is -0.435 e. The Kier molecular flexibility index (Phi) is 5.89. The van der Waals surface area contributed by atoms with Crippen LogP contribution >= 0.6 is 0 Å². The summed E-state index contributed by atoms with van der Waals surface area (Å²) in [4.78, 5) is 13.8. The Balaban J connectivity index is 1.87. The number of ether oxygens (including phenoxy) is 1. The van der Waals surface area contributed by atoms with E-state index in [0.717, 1.165) is 22.6 Å². The first-order valence-electron chi connectivity index (χ1n) is 7.56. The normalized spacial score (nSPS) is 10.9. The number of amides is 1. The summed E-state index contributed by atoms with van der Waals surface area (Å²) in [6, 6.07) is 6.25. The number of nitrogens with zero attached hydrogens (tertiary/aromatic N) is 2. The smallest absolute Gasteiger partial charge is 0.387 e. The van der Waals surface area contributed by atoms with Gasteiger partial charge in [-0.2, -0.15) is 8.78 Å². The van der Waals surface area contributed by atoms with E-state index in [1.54, 1.807) is 24.1 Å². The van der Waals surface area contributed by atoms with Crippen LogP contribution in [0.3, 0.4) is 0 Å². The molecule has 7 heteroatoms. The Morgan fingerprint density at radius 2 is 1.96 bits per heavy atom. The van der Waals surface area contributed by atoms with E-state index >= 15 is 0 Å². The molecule has 0 fully saturated rings. The number of aryl methyl sites for hydroxylation is 2. The number of alkyl halides is 2. The van der Waals surface area contributed by atoms with Crippen molar-refractivity contribution in [3.8, 4) is 5.75 Å². The minimum atomic E-state index is -2.84. The molecule has 0 N–H and O–H groups in total. The average Bonchev–Trinajstić information content (AvgIpc) is 2.85. The summed E-state index contributed by atoms with van der Waals surface area (Å²) in [6.45, 7) is 1.23. The molecular weight excluding hydrogens is 318 g/mol. The Labute approximate surface area is 139 Å². The Bertz CT molecular complexity index is 664. The maximum absolute atomic E-state index is 12.2. The van der Waals surface area contributed by atoms with Gasteiger partial charge < -0.3 is 14.2 Å². The molecule has 24 heavy (non-hydrogen) atoms. The number of hydrogen-bond acceptors (Lipinski definition) is 4. The van der Waals surface area contributed by atoms with E-state index in [0.29, 0.717) is 19.4 Å². The molecule has 0 saturated carbocycles. The molecule has 2 aromatic rings. The van der Waals surface area contributed by atoms with Crippen LogP contribution < -0.4 is 4.74 Å². The lowest BCUT2D eigenvalue weighted by Gasteiger charge is -2.17. The first-order valence-corrected chi connectivity index (χ1v) is 7.56. The molecule has 5 nitrogen and oxygen atoms in total. The molecule has 0 spiro atoms. The highest BCUT2D eigenvalue weighted by atomic mass is 19.3. The predicted octanol–water partition coefficient (Wildman–Crippen LogP) is 3.48. The van der Waals surface area contributed by atoms with Gasteiger partial charge in [-0.1, -0.05) is 17.3 Å². The van der Waals surface area contributed by atoms with E-state index < -0.39 is 6.61 Å². The first-order chi connectivity index (χ1) is 11.4. The number of rotatable bonds is 7. The number of halogens is 2. The first kappa shape index (κ1) is 17.9. The van der Waals surface area contributed by atoms with Gasteiger partial charge in [0.2, 0.25) is 5.91 Å². The molecule has 0 aliphatic heterocycles. The Morgan fingerprint density at radius 1 is 1.29 bits per heavy atom. The fourth-order valence-electron chi connectivity index (χ4n) is 2.42. The van der Waals surface area contributed by atoms with Crippen LogP contribution in [0.25, 0.3) is 0 Å². The fourth-order valence-corrected chi connectivity index (χ4v) is 2.42. The molecule has 1 aromatic carbocycles. The second-order valence-corrected chi connectivity index (χ2v) is 5.57. The summed E-state index contributed by atoms with van der Waals surface area (Å²) in [5.41, 5.74) is 2.60. The average molecular weight is 338 g/mol. The van der Waals surface area contributed by atoms with Gasteiger partial charge in [-0.25, -0.2) is 0 Å². The molecule has 1 heterocycles. The zero-order chi connectivity index (χ0) is 17.7. The molecule has 0 unspecified atom stereocenters. The van der Waals surface area contributed by atoms with Crippen LogP contribution in [0.15, 0.2) is 28.8 Å². The molecule has 0 aliphatic rings. The van der Waals surface area contributed by atoms with Crippen LogP contribution in [-0.4, -0.2) is 29.6 Å². The molecular formula is C17H20F2N2O3. The second kappa shape index (κ2) is 7.90. The molecule has 0 saturated heterocycles. The quantitative estimate of drug-likeness (QED) is 0.775. The summed E-state index contributed by atoms with van der Waals surface area (Å²) < 4.78 is 33.6. The summed E-state index contributed by atoms with van der Waals surface area (Å²) >= 11 is 0. The van der Waals surface area contributed by atoms with Crippen LogP contribution in [0.5, 0.6) is 5.75 Å². The molecule has 0 bridgehead atoms. The van der Waals surface area contributed by atoms with Crippen LogP contribution in [0.2, 0.25) is 0 Å².